The third-order valence-electron chi connectivity index (χ3n) is 13.0. The number of aliphatic imine (C=N–C) groups is 1. The fourth-order valence-corrected chi connectivity index (χ4v) is 9.87. The highest BCUT2D eigenvalue weighted by Crippen LogP contribution is 2.47. The van der Waals surface area contributed by atoms with Crippen molar-refractivity contribution in [1.29, 1.82) is 0 Å². The number of benzene rings is 8. The molecule has 67 heavy (non-hydrogen) atoms. The van der Waals surface area contributed by atoms with E-state index in [-0.39, 0.29) is 12.5 Å². The Balaban J connectivity index is 1.12. The molecule has 1 aliphatic carbocycles. The van der Waals surface area contributed by atoms with E-state index in [1.54, 1.807) is 0 Å². The third kappa shape index (κ3) is 8.30. The number of aromatic amines is 1. The van der Waals surface area contributed by atoms with Crippen molar-refractivity contribution in [1.82, 2.24) is 4.98 Å². The van der Waals surface area contributed by atoms with E-state index in [9.17, 15) is 5.11 Å². The third-order valence-corrected chi connectivity index (χ3v) is 13.0. The maximum absolute atomic E-state index is 10.9. The summed E-state index contributed by atoms with van der Waals surface area (Å²) in [6, 6.07) is 81.5. The van der Waals surface area contributed by atoms with E-state index in [4.69, 9.17) is 4.99 Å². The Bertz CT molecular complexity index is 3300. The molecular formula is C64H48N2O. The lowest BCUT2D eigenvalue weighted by molar-refractivity contribution is 0.281. The average Bonchev–Trinajstić information content (AvgIpc) is 4.11. The lowest BCUT2D eigenvalue weighted by atomic mass is 9.75. The molecule has 2 N–H and O–H groups in total. The molecule has 0 spiro atoms. The number of H-pyrrole nitrogens is 1. The number of nitrogens with zero attached hydrogens (tertiary/aromatic N) is 1. The zero-order valence-electron chi connectivity index (χ0n) is 37.1. The second kappa shape index (κ2) is 18.6. The maximum atomic E-state index is 10.9. The molecule has 0 fully saturated rings. The number of rotatable bonds is 11. The molecule has 1 aromatic heterocycles. The average molecular weight is 861 g/mol. The van der Waals surface area contributed by atoms with Crippen LogP contribution in [0.25, 0.3) is 61.4 Å². The number of aliphatic hydroxyl groups is 1. The molecule has 3 nitrogen and oxygen atoms in total. The molecular weight excluding hydrogens is 813 g/mol. The van der Waals surface area contributed by atoms with Crippen molar-refractivity contribution in [3.8, 4) is 44.6 Å². The first-order valence-electron chi connectivity index (χ1n) is 23.1. The molecule has 320 valence electrons. The second-order valence-electron chi connectivity index (χ2n) is 17.1. The van der Waals surface area contributed by atoms with E-state index in [1.807, 2.05) is 18.2 Å². The van der Waals surface area contributed by atoms with Gasteiger partial charge in [-0.2, -0.15) is 0 Å². The summed E-state index contributed by atoms with van der Waals surface area (Å²) in [5.41, 5.74) is 21.5. The predicted molar refractivity (Wildman–Crippen MR) is 279 cm³/mol. The smallest absolute Gasteiger partial charge is 0.0737 e. The molecule has 0 saturated heterocycles. The van der Waals surface area contributed by atoms with Crippen LogP contribution in [-0.2, 0) is 6.61 Å². The van der Waals surface area contributed by atoms with Crippen LogP contribution in [-0.4, -0.2) is 15.8 Å². The van der Waals surface area contributed by atoms with Gasteiger partial charge in [0.15, 0.2) is 0 Å². The van der Waals surface area contributed by atoms with Crippen molar-refractivity contribution in [3.63, 3.8) is 0 Å². The Kier molecular flexibility index (Phi) is 11.5. The van der Waals surface area contributed by atoms with E-state index in [1.165, 1.54) is 22.3 Å². The van der Waals surface area contributed by atoms with Gasteiger partial charge in [0.05, 0.1) is 18.0 Å². The molecule has 1 atom stereocenters. The number of hydrogen-bond donors (Lipinski definition) is 2. The van der Waals surface area contributed by atoms with E-state index < -0.39 is 0 Å². The Labute approximate surface area is 392 Å². The van der Waals surface area contributed by atoms with Crippen LogP contribution < -0.4 is 0 Å². The minimum atomic E-state index is -0.108. The summed E-state index contributed by atoms with van der Waals surface area (Å²) in [6.45, 7) is -0.108. The van der Waals surface area contributed by atoms with Gasteiger partial charge in [-0.25, -0.2) is 4.99 Å². The van der Waals surface area contributed by atoms with Crippen molar-refractivity contribution in [2.24, 2.45) is 4.99 Å². The Morgan fingerprint density at radius 2 is 1.03 bits per heavy atom. The monoisotopic (exact) mass is 860 g/mol. The highest BCUT2D eigenvalue weighted by Gasteiger charge is 2.30. The molecule has 0 radical (unpaired) electrons. The van der Waals surface area contributed by atoms with Crippen LogP contribution in [0.4, 0.5) is 0 Å². The van der Waals surface area contributed by atoms with Crippen LogP contribution >= 0.6 is 0 Å². The first-order valence-corrected chi connectivity index (χ1v) is 23.1. The van der Waals surface area contributed by atoms with Crippen LogP contribution in [0, 0.1) is 0 Å². The number of aromatic nitrogens is 1. The fraction of sp³-hybridized carbons (Fsp3) is 0.0469. The summed E-state index contributed by atoms with van der Waals surface area (Å²) in [7, 11) is 0. The Hall–Kier alpha value is -8.37. The molecule has 2 heterocycles. The Morgan fingerprint density at radius 3 is 1.63 bits per heavy atom. The predicted octanol–water partition coefficient (Wildman–Crippen LogP) is 15.7. The van der Waals surface area contributed by atoms with Gasteiger partial charge in [0.25, 0.3) is 0 Å². The summed E-state index contributed by atoms with van der Waals surface area (Å²) in [4.78, 5) is 9.59. The Morgan fingerprint density at radius 1 is 0.507 bits per heavy atom. The number of nitrogens with one attached hydrogen (secondary N) is 1. The lowest BCUT2D eigenvalue weighted by Gasteiger charge is -2.28. The summed E-state index contributed by atoms with van der Waals surface area (Å²) >= 11 is 0. The van der Waals surface area contributed by atoms with Crippen LogP contribution in [0.15, 0.2) is 265 Å². The van der Waals surface area contributed by atoms with Gasteiger partial charge in [0.1, 0.15) is 0 Å². The number of hydrogen-bond acceptors (Lipinski definition) is 2. The first kappa shape index (κ1) is 41.3. The molecule has 9 aromatic rings. The van der Waals surface area contributed by atoms with Gasteiger partial charge in [-0.15, -0.1) is 0 Å². The molecule has 3 heteroatoms. The van der Waals surface area contributed by atoms with Crippen molar-refractivity contribution < 1.29 is 5.11 Å². The van der Waals surface area contributed by atoms with Crippen molar-refractivity contribution >= 4 is 22.4 Å². The van der Waals surface area contributed by atoms with Crippen LogP contribution in [0.3, 0.4) is 0 Å². The molecule has 0 unspecified atom stereocenters. The normalized spacial score (nSPS) is 15.3. The van der Waals surface area contributed by atoms with Gasteiger partial charge >= 0.3 is 0 Å². The second-order valence-corrected chi connectivity index (χ2v) is 17.1. The summed E-state index contributed by atoms with van der Waals surface area (Å²) < 4.78 is 0. The van der Waals surface area contributed by atoms with Gasteiger partial charge < -0.3 is 10.1 Å². The molecule has 11 rings (SSSR count). The molecule has 0 amide bonds. The van der Waals surface area contributed by atoms with E-state index in [2.05, 4.69) is 236 Å². The maximum Gasteiger partial charge on any atom is 0.0737 e. The number of allylic oxidation sites excluding steroid dienone is 6. The van der Waals surface area contributed by atoms with E-state index >= 15 is 0 Å². The zero-order chi connectivity index (χ0) is 44.9. The minimum absolute atomic E-state index is 0.108. The van der Waals surface area contributed by atoms with E-state index in [0.29, 0.717) is 0 Å². The molecule has 0 saturated carbocycles. The van der Waals surface area contributed by atoms with Gasteiger partial charge in [0, 0.05) is 34.0 Å². The van der Waals surface area contributed by atoms with E-state index in [0.717, 1.165) is 96.0 Å². The topological polar surface area (TPSA) is 48.4 Å². The summed E-state index contributed by atoms with van der Waals surface area (Å²) in [5, 5.41) is 10.9. The minimum Gasteiger partial charge on any atom is -0.392 e. The standard InChI is InChI=1S/C64H48N2O/c67-43-50-33-19-20-34-53(50)64(60-37-35-58(65-60)62-54(46-25-11-3-12-26-46)39-51(44-21-7-1-8-22-44)40-55(62)47-27-13-4-14-28-47)61-38-36-59(66-61)63-56(48-29-15-5-16-30-48)41-52(45-23-9-2-10-24-45)42-57(63)49-31-17-6-18-32-49/h1-41,52,65,67H,42-43H2/b64-61-/t52-/m0/s1. The van der Waals surface area contributed by atoms with Crippen LogP contribution in [0.2, 0.25) is 0 Å². The van der Waals surface area contributed by atoms with Gasteiger partial charge in [0.2, 0.25) is 0 Å². The number of aliphatic hydroxyl groups excluding tert-OH is 1. The quantitative estimate of drug-likeness (QED) is 0.134. The highest BCUT2D eigenvalue weighted by molar-refractivity contribution is 6.25. The van der Waals surface area contributed by atoms with Crippen molar-refractivity contribution in [3.05, 3.63) is 294 Å². The molecule has 2 aliphatic rings. The van der Waals surface area contributed by atoms with Crippen LogP contribution in [0.1, 0.15) is 45.8 Å². The largest absolute Gasteiger partial charge is 0.392 e. The van der Waals surface area contributed by atoms with Gasteiger partial charge in [-0.05, 0) is 115 Å². The highest BCUT2D eigenvalue weighted by atomic mass is 16.3. The first-order chi connectivity index (χ1) is 33.2. The van der Waals surface area contributed by atoms with Gasteiger partial charge in [-0.1, -0.05) is 212 Å². The summed E-state index contributed by atoms with van der Waals surface area (Å²) in [5.74, 6) is 0.184. The van der Waals surface area contributed by atoms with Crippen molar-refractivity contribution in [2.75, 3.05) is 0 Å². The SMILES string of the molecule is OCc1ccccc1/C(=C1\C=CC(C2=C(c3ccccc3)C[C@@H](c3ccccc3)C=C2c2ccccc2)=N1)c1ccc(-c2c(-c3ccccc3)cc(-c3ccccc3)cc2-c2ccccc2)[nH]1. The molecule has 1 aliphatic heterocycles. The fourth-order valence-electron chi connectivity index (χ4n) is 9.87. The zero-order valence-corrected chi connectivity index (χ0v) is 37.1. The van der Waals surface area contributed by atoms with Crippen LogP contribution in [0.5, 0.6) is 0 Å². The van der Waals surface area contributed by atoms with Gasteiger partial charge in [-0.3, -0.25) is 0 Å². The summed E-state index contributed by atoms with van der Waals surface area (Å²) in [6.07, 6.45) is 7.62. The van der Waals surface area contributed by atoms with Crippen molar-refractivity contribution in [2.45, 2.75) is 18.9 Å². The lowest BCUT2D eigenvalue weighted by Crippen LogP contribution is -2.13. The molecule has 8 aromatic carbocycles. The molecule has 0 bridgehead atoms.